The molecule has 3 aromatic rings. The molecular weight excluding hydrogens is 397 g/mol. The fourth-order valence-corrected chi connectivity index (χ4v) is 5.34. The van der Waals surface area contributed by atoms with E-state index in [1.54, 1.807) is 12.1 Å². The van der Waals surface area contributed by atoms with Gasteiger partial charge in [0.1, 0.15) is 10.8 Å². The second-order valence-corrected chi connectivity index (χ2v) is 8.71. The number of amides is 2. The topological polar surface area (TPSA) is 75.4 Å². The lowest BCUT2D eigenvalue weighted by molar-refractivity contribution is 0.100. The van der Waals surface area contributed by atoms with Crippen LogP contribution in [0.1, 0.15) is 31.8 Å². The number of carbonyl (C=O) groups excluding carboxylic acids is 2. The lowest BCUT2D eigenvalue weighted by Crippen LogP contribution is -2.17. The van der Waals surface area contributed by atoms with Crippen LogP contribution in [0.5, 0.6) is 0 Å². The summed E-state index contributed by atoms with van der Waals surface area (Å²) in [7, 11) is 0. The van der Waals surface area contributed by atoms with Crippen LogP contribution >= 0.6 is 23.3 Å². The van der Waals surface area contributed by atoms with E-state index >= 15 is 0 Å². The monoisotopic (exact) mass is 413 g/mol. The first-order valence-corrected chi connectivity index (χ1v) is 10.1. The summed E-state index contributed by atoms with van der Waals surface area (Å²) in [6, 6.07) is 15.6. The average molecular weight is 413 g/mol. The van der Waals surface area contributed by atoms with Gasteiger partial charge in [-0.1, -0.05) is 36.4 Å². The highest BCUT2D eigenvalue weighted by Crippen LogP contribution is 2.40. The Morgan fingerprint density at radius 2 is 1.68 bits per heavy atom. The van der Waals surface area contributed by atoms with Gasteiger partial charge in [-0.25, -0.2) is 8.70 Å². The Kier molecular flexibility index (Phi) is 5.17. The minimum atomic E-state index is -0.642. The Hall–Kier alpha value is -2.68. The number of fused-ring (bicyclic) bond motifs is 1. The fraction of sp³-hybridized carbons (Fsp3) is 0.100. The van der Waals surface area contributed by atoms with Crippen LogP contribution in [0, 0.1) is 5.82 Å². The summed E-state index contributed by atoms with van der Waals surface area (Å²) in [6.45, 7) is 1.59. The quantitative estimate of drug-likeness (QED) is 0.613. The third kappa shape index (κ3) is 3.80. The molecule has 1 aliphatic rings. The van der Waals surface area contributed by atoms with E-state index < -0.39 is 17.6 Å². The number of nitrogens with two attached hydrogens (primary N) is 1. The normalized spacial score (nSPS) is 13.3. The maximum absolute atomic E-state index is 13.8. The van der Waals surface area contributed by atoms with E-state index in [9.17, 15) is 14.0 Å². The molecule has 0 radical (unpaired) electrons. The molecule has 28 heavy (non-hydrogen) atoms. The first-order chi connectivity index (χ1) is 13.5. The zero-order chi connectivity index (χ0) is 19.7. The lowest BCUT2D eigenvalue weighted by atomic mass is 10.1. The van der Waals surface area contributed by atoms with E-state index in [1.807, 2.05) is 12.1 Å². The second kappa shape index (κ2) is 7.75. The Morgan fingerprint density at radius 3 is 2.32 bits per heavy atom. The molecular formula is C20H16FN3O2S2. The zero-order valence-corrected chi connectivity index (χ0v) is 16.3. The summed E-state index contributed by atoms with van der Waals surface area (Å²) in [4.78, 5) is 24.2. The lowest BCUT2D eigenvalue weighted by Gasteiger charge is -2.11. The van der Waals surface area contributed by atoms with Gasteiger partial charge in [0.05, 0.1) is 15.3 Å². The van der Waals surface area contributed by atoms with E-state index in [4.69, 9.17) is 5.73 Å². The van der Waals surface area contributed by atoms with Crippen molar-refractivity contribution in [3.63, 3.8) is 0 Å². The Balaban J connectivity index is 1.53. The number of halogens is 1. The molecule has 0 fully saturated rings. The summed E-state index contributed by atoms with van der Waals surface area (Å²) in [5.41, 5.74) is 8.14. The molecule has 4 rings (SSSR count). The van der Waals surface area contributed by atoms with E-state index in [0.29, 0.717) is 5.00 Å². The Labute approximate surface area is 169 Å². The third-order valence-electron chi connectivity index (χ3n) is 4.35. The highest BCUT2D eigenvalue weighted by Gasteiger charge is 2.23. The summed E-state index contributed by atoms with van der Waals surface area (Å²) in [6.07, 6.45) is 0. The fourth-order valence-electron chi connectivity index (χ4n) is 3.00. The van der Waals surface area contributed by atoms with Gasteiger partial charge < -0.3 is 11.1 Å². The molecule has 2 amide bonds. The molecule has 8 heteroatoms. The molecule has 142 valence electrons. The van der Waals surface area contributed by atoms with Crippen LogP contribution in [0.25, 0.3) is 0 Å². The highest BCUT2D eigenvalue weighted by atomic mass is 32.2. The third-order valence-corrected chi connectivity index (χ3v) is 6.48. The Morgan fingerprint density at radius 1 is 1.04 bits per heavy atom. The molecule has 0 aliphatic carbocycles. The number of nitrogens with zero attached hydrogens (tertiary/aromatic N) is 1. The zero-order valence-electron chi connectivity index (χ0n) is 14.6. The van der Waals surface area contributed by atoms with Gasteiger partial charge >= 0.3 is 0 Å². The predicted molar refractivity (Wildman–Crippen MR) is 109 cm³/mol. The van der Waals surface area contributed by atoms with Crippen LogP contribution < -0.4 is 11.1 Å². The molecule has 2 aromatic carbocycles. The van der Waals surface area contributed by atoms with Gasteiger partial charge in [0.15, 0.2) is 0 Å². The molecule has 0 saturated carbocycles. The summed E-state index contributed by atoms with van der Waals surface area (Å²) < 4.78 is 16.8. The minimum Gasteiger partial charge on any atom is -0.366 e. The van der Waals surface area contributed by atoms with Gasteiger partial charge in [-0.15, -0.1) is 11.3 Å². The second-order valence-electron chi connectivity index (χ2n) is 6.26. The first kappa shape index (κ1) is 18.7. The number of rotatable bonds is 5. The molecule has 0 atom stereocenters. The number of hydrogen-bond acceptors (Lipinski definition) is 5. The van der Waals surface area contributed by atoms with Crippen molar-refractivity contribution in [2.75, 3.05) is 5.32 Å². The van der Waals surface area contributed by atoms with Crippen molar-refractivity contribution in [3.05, 3.63) is 82.7 Å². The van der Waals surface area contributed by atoms with Crippen molar-refractivity contribution >= 4 is 40.1 Å². The number of carbonyl (C=O) groups is 2. The van der Waals surface area contributed by atoms with Gasteiger partial charge in [-0.05, 0) is 41.3 Å². The first-order valence-electron chi connectivity index (χ1n) is 8.50. The summed E-state index contributed by atoms with van der Waals surface area (Å²) in [5.74, 6) is -1.88. The molecule has 2 heterocycles. The van der Waals surface area contributed by atoms with Gasteiger partial charge in [-0.2, -0.15) is 0 Å². The van der Waals surface area contributed by atoms with E-state index in [-0.39, 0.29) is 11.1 Å². The average Bonchev–Trinajstić information content (AvgIpc) is 3.25. The van der Waals surface area contributed by atoms with Crippen molar-refractivity contribution in [2.45, 2.75) is 17.3 Å². The molecule has 3 N–H and O–H groups in total. The molecule has 1 aliphatic heterocycles. The maximum atomic E-state index is 13.8. The van der Waals surface area contributed by atoms with Gasteiger partial charge in [0, 0.05) is 13.1 Å². The number of thiophene rings is 1. The number of hydrogen-bond donors (Lipinski definition) is 2. The minimum absolute atomic E-state index is 0.0875. The number of nitrogens with one attached hydrogen (secondary N) is 1. The molecule has 0 bridgehead atoms. The smallest absolute Gasteiger partial charge is 0.259 e. The SMILES string of the molecule is NC(=O)c1cc(SN2Cc3ccccc3C2)sc1NC(=O)c1ccccc1F. The summed E-state index contributed by atoms with van der Waals surface area (Å²) >= 11 is 2.75. The van der Waals surface area contributed by atoms with Crippen molar-refractivity contribution in [3.8, 4) is 0 Å². The molecule has 0 saturated heterocycles. The largest absolute Gasteiger partial charge is 0.366 e. The Bertz CT molecular complexity index is 1040. The van der Waals surface area contributed by atoms with E-state index in [0.717, 1.165) is 17.3 Å². The van der Waals surface area contributed by atoms with Crippen LogP contribution in [0.4, 0.5) is 9.39 Å². The van der Waals surface area contributed by atoms with Crippen molar-refractivity contribution < 1.29 is 14.0 Å². The number of benzene rings is 2. The van der Waals surface area contributed by atoms with Crippen molar-refractivity contribution in [1.82, 2.24) is 4.31 Å². The molecule has 0 unspecified atom stereocenters. The number of primary amides is 1. The number of anilines is 1. The van der Waals surface area contributed by atoms with E-state index in [1.165, 1.54) is 52.6 Å². The summed E-state index contributed by atoms with van der Waals surface area (Å²) in [5, 5.41) is 2.94. The van der Waals surface area contributed by atoms with Crippen LogP contribution in [0.3, 0.4) is 0 Å². The molecule has 5 nitrogen and oxygen atoms in total. The maximum Gasteiger partial charge on any atom is 0.259 e. The van der Waals surface area contributed by atoms with Crippen LogP contribution in [-0.4, -0.2) is 16.1 Å². The standard InChI is InChI=1S/C20H16FN3O2S2/c21-16-8-4-3-7-14(16)19(26)23-20-15(18(22)25)9-17(27-20)28-24-10-12-5-1-2-6-13(12)11-24/h1-9H,10-11H2,(H2,22,25)(H,23,26). The van der Waals surface area contributed by atoms with Crippen molar-refractivity contribution in [2.24, 2.45) is 5.73 Å². The molecule has 1 aromatic heterocycles. The van der Waals surface area contributed by atoms with Crippen LogP contribution in [0.15, 0.2) is 58.8 Å². The molecule has 0 spiro atoms. The van der Waals surface area contributed by atoms with Gasteiger partial charge in [0.2, 0.25) is 0 Å². The van der Waals surface area contributed by atoms with Crippen molar-refractivity contribution in [1.29, 1.82) is 0 Å². The van der Waals surface area contributed by atoms with Crippen LogP contribution in [-0.2, 0) is 13.1 Å². The predicted octanol–water partition coefficient (Wildman–Crippen LogP) is 4.26. The van der Waals surface area contributed by atoms with Gasteiger partial charge in [0.25, 0.3) is 11.8 Å². The van der Waals surface area contributed by atoms with E-state index in [2.05, 4.69) is 21.8 Å². The van der Waals surface area contributed by atoms with Gasteiger partial charge in [-0.3, -0.25) is 9.59 Å². The van der Waals surface area contributed by atoms with Crippen LogP contribution in [0.2, 0.25) is 0 Å². The highest BCUT2D eigenvalue weighted by molar-refractivity contribution is 7.99.